The van der Waals surface area contributed by atoms with Crippen LogP contribution in [0.2, 0.25) is 0 Å². The Morgan fingerprint density at radius 3 is 2.62 bits per heavy atom. The standard InChI is InChI=1S/C17H14N2O2/c1-10(2)19-15-8-11(17(20)21)6-7-13(15)14-5-3-4-12(9-18)16(14)19/h3-8,10H,1-2H3,(H,20,21). The van der Waals surface area contributed by atoms with Crippen LogP contribution in [-0.4, -0.2) is 15.6 Å². The van der Waals surface area contributed by atoms with Crippen LogP contribution in [-0.2, 0) is 0 Å². The number of para-hydroxylation sites is 1. The van der Waals surface area contributed by atoms with Crippen molar-refractivity contribution in [1.82, 2.24) is 4.57 Å². The highest BCUT2D eigenvalue weighted by Gasteiger charge is 2.17. The molecule has 0 radical (unpaired) electrons. The van der Waals surface area contributed by atoms with Crippen LogP contribution in [0.25, 0.3) is 21.8 Å². The van der Waals surface area contributed by atoms with Gasteiger partial charge in [-0.3, -0.25) is 0 Å². The molecule has 2 aromatic carbocycles. The molecule has 3 rings (SSSR count). The van der Waals surface area contributed by atoms with Gasteiger partial charge in [-0.25, -0.2) is 4.79 Å². The van der Waals surface area contributed by atoms with Crippen LogP contribution in [0.5, 0.6) is 0 Å². The third kappa shape index (κ3) is 1.86. The fraction of sp³-hybridized carbons (Fsp3) is 0.176. The molecule has 1 aromatic heterocycles. The third-order valence-corrected chi connectivity index (χ3v) is 3.71. The molecule has 0 bridgehead atoms. The van der Waals surface area contributed by atoms with Gasteiger partial charge in [-0.05, 0) is 32.0 Å². The minimum absolute atomic E-state index is 0.128. The zero-order chi connectivity index (χ0) is 15.1. The molecular weight excluding hydrogens is 264 g/mol. The van der Waals surface area contributed by atoms with Crippen LogP contribution in [0.3, 0.4) is 0 Å². The summed E-state index contributed by atoms with van der Waals surface area (Å²) < 4.78 is 2.04. The number of fused-ring (bicyclic) bond motifs is 3. The topological polar surface area (TPSA) is 66.0 Å². The van der Waals surface area contributed by atoms with E-state index in [1.54, 1.807) is 18.2 Å². The maximum Gasteiger partial charge on any atom is 0.335 e. The van der Waals surface area contributed by atoms with E-state index in [0.29, 0.717) is 5.56 Å². The van der Waals surface area contributed by atoms with Crippen molar-refractivity contribution >= 4 is 27.8 Å². The summed E-state index contributed by atoms with van der Waals surface area (Å²) in [5.41, 5.74) is 2.58. The number of aromatic nitrogens is 1. The number of hydrogen-bond donors (Lipinski definition) is 1. The second kappa shape index (κ2) is 4.64. The summed E-state index contributed by atoms with van der Waals surface area (Å²) in [6.45, 7) is 4.06. The fourth-order valence-corrected chi connectivity index (χ4v) is 2.86. The minimum atomic E-state index is -0.946. The Hall–Kier alpha value is -2.80. The van der Waals surface area contributed by atoms with Gasteiger partial charge in [-0.2, -0.15) is 5.26 Å². The monoisotopic (exact) mass is 278 g/mol. The number of carbonyl (C=O) groups is 1. The summed E-state index contributed by atoms with van der Waals surface area (Å²) in [4.78, 5) is 11.2. The largest absolute Gasteiger partial charge is 0.478 e. The van der Waals surface area contributed by atoms with Gasteiger partial charge in [0.1, 0.15) is 6.07 Å². The molecule has 1 N–H and O–H groups in total. The number of carboxylic acids is 1. The summed E-state index contributed by atoms with van der Waals surface area (Å²) in [7, 11) is 0. The molecule has 0 aliphatic heterocycles. The zero-order valence-corrected chi connectivity index (χ0v) is 11.8. The van der Waals surface area contributed by atoms with E-state index >= 15 is 0 Å². The van der Waals surface area contributed by atoms with Gasteiger partial charge in [0, 0.05) is 16.8 Å². The first-order valence-electron chi connectivity index (χ1n) is 6.74. The van der Waals surface area contributed by atoms with E-state index in [0.717, 1.165) is 21.8 Å². The Balaban J connectivity index is 2.56. The lowest BCUT2D eigenvalue weighted by atomic mass is 10.1. The van der Waals surface area contributed by atoms with Gasteiger partial charge in [0.15, 0.2) is 0 Å². The Bertz CT molecular complexity index is 914. The highest BCUT2D eigenvalue weighted by atomic mass is 16.4. The molecule has 0 atom stereocenters. The lowest BCUT2D eigenvalue weighted by molar-refractivity contribution is 0.0697. The van der Waals surface area contributed by atoms with Crippen LogP contribution in [0.15, 0.2) is 36.4 Å². The lowest BCUT2D eigenvalue weighted by Gasteiger charge is -2.12. The van der Waals surface area contributed by atoms with E-state index in [2.05, 4.69) is 6.07 Å². The molecule has 0 aliphatic carbocycles. The molecule has 104 valence electrons. The number of aromatic carboxylic acids is 1. The van der Waals surface area contributed by atoms with Crippen molar-refractivity contribution in [2.24, 2.45) is 0 Å². The Morgan fingerprint density at radius 2 is 2.00 bits per heavy atom. The van der Waals surface area contributed by atoms with Gasteiger partial charge in [-0.1, -0.05) is 18.2 Å². The molecule has 0 saturated carbocycles. The van der Waals surface area contributed by atoms with E-state index in [9.17, 15) is 15.2 Å². The van der Waals surface area contributed by atoms with E-state index in [1.807, 2.05) is 36.6 Å². The summed E-state index contributed by atoms with van der Waals surface area (Å²) in [6.07, 6.45) is 0. The molecule has 4 heteroatoms. The second-order valence-electron chi connectivity index (χ2n) is 5.31. The Labute approximate surface area is 121 Å². The van der Waals surface area contributed by atoms with E-state index in [-0.39, 0.29) is 11.6 Å². The van der Waals surface area contributed by atoms with Crippen LogP contribution in [0, 0.1) is 11.3 Å². The average molecular weight is 278 g/mol. The first-order chi connectivity index (χ1) is 10.0. The SMILES string of the molecule is CC(C)n1c2cc(C(=O)O)ccc2c2cccc(C#N)c21. The van der Waals surface area contributed by atoms with Gasteiger partial charge in [0.25, 0.3) is 0 Å². The predicted molar refractivity (Wildman–Crippen MR) is 81.5 cm³/mol. The molecular formula is C17H14N2O2. The van der Waals surface area contributed by atoms with Gasteiger partial charge >= 0.3 is 5.97 Å². The van der Waals surface area contributed by atoms with E-state index in [1.165, 1.54) is 0 Å². The van der Waals surface area contributed by atoms with Crippen LogP contribution < -0.4 is 0 Å². The highest BCUT2D eigenvalue weighted by Crippen LogP contribution is 2.34. The summed E-state index contributed by atoms with van der Waals surface area (Å²) in [6, 6.07) is 13.1. The molecule has 0 saturated heterocycles. The predicted octanol–water partition coefficient (Wildman–Crippen LogP) is 3.95. The number of carboxylic acid groups (broad SMARTS) is 1. The Kier molecular flexibility index (Phi) is 2.91. The fourth-order valence-electron chi connectivity index (χ4n) is 2.86. The van der Waals surface area contributed by atoms with Gasteiger partial charge in [0.2, 0.25) is 0 Å². The molecule has 21 heavy (non-hydrogen) atoms. The number of hydrogen-bond acceptors (Lipinski definition) is 2. The van der Waals surface area contributed by atoms with Gasteiger partial charge in [-0.15, -0.1) is 0 Å². The van der Waals surface area contributed by atoms with E-state index < -0.39 is 5.97 Å². The highest BCUT2D eigenvalue weighted by molar-refractivity contribution is 6.11. The molecule has 0 amide bonds. The lowest BCUT2D eigenvalue weighted by Crippen LogP contribution is -2.02. The minimum Gasteiger partial charge on any atom is -0.478 e. The van der Waals surface area contributed by atoms with Crippen LogP contribution in [0.4, 0.5) is 0 Å². The van der Waals surface area contributed by atoms with Crippen molar-refractivity contribution in [3.8, 4) is 6.07 Å². The molecule has 1 heterocycles. The van der Waals surface area contributed by atoms with Gasteiger partial charge in [0.05, 0.1) is 22.2 Å². The molecule has 0 spiro atoms. The quantitative estimate of drug-likeness (QED) is 0.772. The molecule has 0 aliphatic rings. The average Bonchev–Trinajstić information content (AvgIpc) is 2.80. The van der Waals surface area contributed by atoms with Crippen molar-refractivity contribution < 1.29 is 9.90 Å². The molecule has 0 fully saturated rings. The number of benzene rings is 2. The van der Waals surface area contributed by atoms with Crippen LogP contribution in [0.1, 0.15) is 35.8 Å². The molecule has 0 unspecified atom stereocenters. The zero-order valence-electron chi connectivity index (χ0n) is 11.8. The smallest absolute Gasteiger partial charge is 0.335 e. The number of nitriles is 1. The van der Waals surface area contributed by atoms with E-state index in [4.69, 9.17) is 0 Å². The second-order valence-corrected chi connectivity index (χ2v) is 5.31. The normalized spacial score (nSPS) is 11.1. The maximum atomic E-state index is 11.2. The molecule has 4 nitrogen and oxygen atoms in total. The van der Waals surface area contributed by atoms with Gasteiger partial charge < -0.3 is 9.67 Å². The van der Waals surface area contributed by atoms with Crippen molar-refractivity contribution in [2.45, 2.75) is 19.9 Å². The third-order valence-electron chi connectivity index (χ3n) is 3.71. The number of nitrogens with zero attached hydrogens (tertiary/aromatic N) is 2. The summed E-state index contributed by atoms with van der Waals surface area (Å²) in [5, 5.41) is 20.5. The van der Waals surface area contributed by atoms with Crippen molar-refractivity contribution in [3.05, 3.63) is 47.5 Å². The van der Waals surface area contributed by atoms with Crippen molar-refractivity contribution in [3.63, 3.8) is 0 Å². The Morgan fingerprint density at radius 1 is 1.24 bits per heavy atom. The maximum absolute atomic E-state index is 11.2. The first kappa shape index (κ1) is 13.2. The first-order valence-corrected chi connectivity index (χ1v) is 6.74. The summed E-state index contributed by atoms with van der Waals surface area (Å²) in [5.74, 6) is -0.946. The van der Waals surface area contributed by atoms with Crippen molar-refractivity contribution in [2.75, 3.05) is 0 Å². The molecule has 3 aromatic rings. The van der Waals surface area contributed by atoms with Crippen molar-refractivity contribution in [1.29, 1.82) is 5.26 Å². The summed E-state index contributed by atoms with van der Waals surface area (Å²) >= 11 is 0. The van der Waals surface area contributed by atoms with Crippen LogP contribution >= 0.6 is 0 Å². The number of rotatable bonds is 2.